The molecule has 4 heteroatoms. The molecule has 1 aliphatic carbocycles. The molecule has 1 saturated heterocycles. The van der Waals surface area contributed by atoms with Crippen LogP contribution in [-0.4, -0.2) is 29.3 Å². The minimum Gasteiger partial charge on any atom is -0.368 e. The highest BCUT2D eigenvalue weighted by Gasteiger charge is 2.37. The Balaban J connectivity index is 2.01. The van der Waals surface area contributed by atoms with Crippen LogP contribution in [0.3, 0.4) is 0 Å². The van der Waals surface area contributed by atoms with Gasteiger partial charge >= 0.3 is 0 Å². The first-order valence-electron chi connectivity index (χ1n) is 5.30. The van der Waals surface area contributed by atoms with E-state index in [1.807, 2.05) is 0 Å². The maximum Gasteiger partial charge on any atom is 0.240 e. The van der Waals surface area contributed by atoms with Gasteiger partial charge in [-0.1, -0.05) is 6.42 Å². The van der Waals surface area contributed by atoms with Crippen molar-refractivity contribution in [2.75, 3.05) is 6.54 Å². The lowest BCUT2D eigenvalue weighted by Gasteiger charge is -2.31. The molecule has 14 heavy (non-hydrogen) atoms. The molecule has 2 N–H and O–H groups in total. The third-order valence-corrected chi connectivity index (χ3v) is 3.32. The van der Waals surface area contributed by atoms with E-state index in [9.17, 15) is 9.59 Å². The topological polar surface area (TPSA) is 63.4 Å². The van der Waals surface area contributed by atoms with Crippen LogP contribution in [0.5, 0.6) is 0 Å². The van der Waals surface area contributed by atoms with Gasteiger partial charge in [0.05, 0.1) is 0 Å². The van der Waals surface area contributed by atoms with Gasteiger partial charge in [0.15, 0.2) is 0 Å². The smallest absolute Gasteiger partial charge is 0.240 e. The van der Waals surface area contributed by atoms with Gasteiger partial charge in [-0.3, -0.25) is 9.59 Å². The third kappa shape index (κ3) is 1.49. The molecule has 0 aromatic rings. The molecule has 0 radical (unpaired) electrons. The lowest BCUT2D eigenvalue weighted by molar-refractivity contribution is -0.142. The van der Waals surface area contributed by atoms with Gasteiger partial charge in [-0.2, -0.15) is 0 Å². The standard InChI is InChI=1S/C10H16N2O2/c11-9(13)8-5-2-6-12(8)10(14)7-3-1-4-7/h7-8H,1-6H2,(H2,11,13)/t8-/m0/s1. The predicted octanol–water partition coefficient (Wildman–Crippen LogP) is 0.263. The van der Waals surface area contributed by atoms with E-state index in [-0.39, 0.29) is 23.8 Å². The molecule has 1 atom stereocenters. The summed E-state index contributed by atoms with van der Waals surface area (Å²) in [6.45, 7) is 0.711. The zero-order valence-corrected chi connectivity index (χ0v) is 8.24. The summed E-state index contributed by atoms with van der Waals surface area (Å²) in [5.74, 6) is -0.0253. The van der Waals surface area contributed by atoms with Crippen molar-refractivity contribution in [1.82, 2.24) is 4.90 Å². The molecule has 0 spiro atoms. The van der Waals surface area contributed by atoms with E-state index in [4.69, 9.17) is 5.73 Å². The summed E-state index contributed by atoms with van der Waals surface area (Å²) >= 11 is 0. The molecule has 2 aliphatic rings. The Kier molecular flexibility index (Phi) is 2.44. The summed E-state index contributed by atoms with van der Waals surface area (Å²) in [6.07, 6.45) is 4.77. The monoisotopic (exact) mass is 196 g/mol. The number of primary amides is 1. The number of nitrogens with two attached hydrogens (primary N) is 1. The van der Waals surface area contributed by atoms with Gasteiger partial charge in [0, 0.05) is 12.5 Å². The summed E-state index contributed by atoms with van der Waals surface area (Å²) in [5.41, 5.74) is 5.25. The van der Waals surface area contributed by atoms with Crippen molar-refractivity contribution in [2.45, 2.75) is 38.1 Å². The van der Waals surface area contributed by atoms with Crippen molar-refractivity contribution >= 4 is 11.8 Å². The van der Waals surface area contributed by atoms with Crippen molar-refractivity contribution in [3.63, 3.8) is 0 Å². The molecule has 0 aromatic carbocycles. The van der Waals surface area contributed by atoms with Crippen molar-refractivity contribution in [3.8, 4) is 0 Å². The van der Waals surface area contributed by atoms with E-state index >= 15 is 0 Å². The molecule has 78 valence electrons. The van der Waals surface area contributed by atoms with Crippen LogP contribution in [0.2, 0.25) is 0 Å². The van der Waals surface area contributed by atoms with E-state index in [2.05, 4.69) is 0 Å². The number of hydrogen-bond donors (Lipinski definition) is 1. The number of carbonyl (C=O) groups is 2. The molecule has 1 heterocycles. The Hall–Kier alpha value is -1.06. The SMILES string of the molecule is NC(=O)[C@@H]1CCCN1C(=O)C1CCC1. The van der Waals surface area contributed by atoms with Crippen LogP contribution in [-0.2, 0) is 9.59 Å². The Morgan fingerprint density at radius 2 is 1.86 bits per heavy atom. The summed E-state index contributed by atoms with van der Waals surface area (Å²) in [7, 11) is 0. The molecule has 4 nitrogen and oxygen atoms in total. The second-order valence-electron chi connectivity index (χ2n) is 4.22. The quantitative estimate of drug-likeness (QED) is 0.688. The lowest BCUT2D eigenvalue weighted by atomic mass is 9.84. The van der Waals surface area contributed by atoms with E-state index < -0.39 is 0 Å². The predicted molar refractivity (Wildman–Crippen MR) is 51.3 cm³/mol. The fraction of sp³-hybridized carbons (Fsp3) is 0.800. The van der Waals surface area contributed by atoms with Crippen molar-refractivity contribution < 1.29 is 9.59 Å². The fourth-order valence-electron chi connectivity index (χ4n) is 2.22. The van der Waals surface area contributed by atoms with Crippen LogP contribution in [0.15, 0.2) is 0 Å². The third-order valence-electron chi connectivity index (χ3n) is 3.32. The van der Waals surface area contributed by atoms with Crippen molar-refractivity contribution in [2.24, 2.45) is 11.7 Å². The van der Waals surface area contributed by atoms with E-state index in [1.54, 1.807) is 4.90 Å². The molecule has 2 fully saturated rings. The zero-order valence-electron chi connectivity index (χ0n) is 8.24. The average Bonchev–Trinajstić information content (AvgIpc) is 2.47. The van der Waals surface area contributed by atoms with Gasteiger partial charge in [-0.15, -0.1) is 0 Å². The van der Waals surface area contributed by atoms with E-state index in [0.717, 1.165) is 32.1 Å². The summed E-state index contributed by atoms with van der Waals surface area (Å²) in [4.78, 5) is 24.6. The van der Waals surface area contributed by atoms with Gasteiger partial charge in [-0.05, 0) is 25.7 Å². The normalized spacial score (nSPS) is 27.4. The minimum atomic E-state index is -0.352. The second kappa shape index (κ2) is 3.59. The van der Waals surface area contributed by atoms with Crippen LogP contribution in [0.25, 0.3) is 0 Å². The molecule has 2 rings (SSSR count). The Morgan fingerprint density at radius 1 is 1.14 bits per heavy atom. The summed E-state index contributed by atoms with van der Waals surface area (Å²) in [6, 6.07) is -0.330. The van der Waals surface area contributed by atoms with Crippen LogP contribution in [0, 0.1) is 5.92 Å². The van der Waals surface area contributed by atoms with E-state index in [0.29, 0.717) is 6.54 Å². The number of likely N-dealkylation sites (tertiary alicyclic amines) is 1. The van der Waals surface area contributed by atoms with Gasteiger partial charge in [0.1, 0.15) is 6.04 Å². The maximum atomic E-state index is 11.9. The first-order chi connectivity index (χ1) is 6.70. The minimum absolute atomic E-state index is 0.151. The van der Waals surface area contributed by atoms with Crippen molar-refractivity contribution in [3.05, 3.63) is 0 Å². The van der Waals surface area contributed by atoms with Crippen LogP contribution in [0.1, 0.15) is 32.1 Å². The molecular weight excluding hydrogens is 180 g/mol. The van der Waals surface area contributed by atoms with Gasteiger partial charge in [-0.25, -0.2) is 0 Å². The number of hydrogen-bond acceptors (Lipinski definition) is 2. The highest BCUT2D eigenvalue weighted by molar-refractivity contribution is 5.88. The van der Waals surface area contributed by atoms with Gasteiger partial charge in [0.2, 0.25) is 11.8 Å². The van der Waals surface area contributed by atoms with Crippen molar-refractivity contribution in [1.29, 1.82) is 0 Å². The molecular formula is C10H16N2O2. The Morgan fingerprint density at radius 3 is 2.36 bits per heavy atom. The van der Waals surface area contributed by atoms with Crippen LogP contribution < -0.4 is 5.73 Å². The number of nitrogens with zero attached hydrogens (tertiary/aromatic N) is 1. The average molecular weight is 196 g/mol. The highest BCUT2D eigenvalue weighted by Crippen LogP contribution is 2.30. The lowest BCUT2D eigenvalue weighted by Crippen LogP contribution is -2.47. The maximum absolute atomic E-state index is 11.9. The number of amides is 2. The largest absolute Gasteiger partial charge is 0.368 e. The fourth-order valence-corrected chi connectivity index (χ4v) is 2.22. The first-order valence-corrected chi connectivity index (χ1v) is 5.30. The Labute approximate surface area is 83.4 Å². The van der Waals surface area contributed by atoms with Crippen LogP contribution in [0.4, 0.5) is 0 Å². The van der Waals surface area contributed by atoms with Gasteiger partial charge < -0.3 is 10.6 Å². The first kappa shape index (κ1) is 9.49. The van der Waals surface area contributed by atoms with Crippen LogP contribution >= 0.6 is 0 Å². The molecule has 1 aliphatic heterocycles. The number of rotatable bonds is 2. The zero-order chi connectivity index (χ0) is 10.1. The molecule has 0 bridgehead atoms. The molecule has 0 unspecified atom stereocenters. The molecule has 0 aromatic heterocycles. The summed E-state index contributed by atoms with van der Waals surface area (Å²) in [5, 5.41) is 0. The summed E-state index contributed by atoms with van der Waals surface area (Å²) < 4.78 is 0. The second-order valence-corrected chi connectivity index (χ2v) is 4.22. The number of carbonyl (C=O) groups excluding carboxylic acids is 2. The Bertz CT molecular complexity index is 261. The van der Waals surface area contributed by atoms with Gasteiger partial charge in [0.25, 0.3) is 0 Å². The van der Waals surface area contributed by atoms with E-state index in [1.165, 1.54) is 0 Å². The molecule has 2 amide bonds. The molecule has 1 saturated carbocycles. The highest BCUT2D eigenvalue weighted by atomic mass is 16.2.